The lowest BCUT2D eigenvalue weighted by atomic mass is 9.43. The van der Waals surface area contributed by atoms with Gasteiger partial charge in [0.05, 0.1) is 0 Å². The highest BCUT2D eigenvalue weighted by Gasteiger charge is 2.58. The molecule has 5 atom stereocenters. The largest absolute Gasteiger partial charge is 0.478 e. The first-order chi connectivity index (χ1) is 10.3. The van der Waals surface area contributed by atoms with Crippen LogP contribution in [0, 0.1) is 28.1 Å². The van der Waals surface area contributed by atoms with Crippen molar-refractivity contribution in [1.82, 2.24) is 0 Å². The molecule has 0 bridgehead atoms. The third-order valence-electron chi connectivity index (χ3n) is 7.60. The van der Waals surface area contributed by atoms with Crippen molar-refractivity contribution >= 4 is 5.97 Å². The standard InChI is InChI=1S/C20H30O2/c1-5-18(2)11-12-19(3)14(13-18)9-10-20(4)15(17(21)22)7-6-8-16(19)20/h5,7,14,16H,1,6,8-13H2,2-4H3,(H,21,22)/t14-,16+,18-,19-,20+/m0/s1. The van der Waals surface area contributed by atoms with Crippen molar-refractivity contribution < 1.29 is 9.90 Å². The van der Waals surface area contributed by atoms with Crippen LogP contribution in [0.15, 0.2) is 24.3 Å². The highest BCUT2D eigenvalue weighted by atomic mass is 16.4. The second kappa shape index (κ2) is 4.97. The highest BCUT2D eigenvalue weighted by Crippen LogP contribution is 2.66. The first-order valence-corrected chi connectivity index (χ1v) is 8.83. The molecule has 22 heavy (non-hydrogen) atoms. The van der Waals surface area contributed by atoms with Gasteiger partial charge in [0.25, 0.3) is 0 Å². The lowest BCUT2D eigenvalue weighted by molar-refractivity contribution is -0.139. The van der Waals surface area contributed by atoms with Gasteiger partial charge in [-0.25, -0.2) is 4.79 Å². The molecule has 2 fully saturated rings. The van der Waals surface area contributed by atoms with Crippen molar-refractivity contribution in [2.24, 2.45) is 28.1 Å². The van der Waals surface area contributed by atoms with Crippen molar-refractivity contribution in [3.63, 3.8) is 0 Å². The van der Waals surface area contributed by atoms with Gasteiger partial charge in [0.1, 0.15) is 0 Å². The SMILES string of the molecule is C=C[C@@]1(C)CC[C@@]2(C)[C@@H](CC[C@]3(C)C(C(=O)O)=CCC[C@H]23)C1. The van der Waals surface area contributed by atoms with Gasteiger partial charge in [0.2, 0.25) is 0 Å². The molecule has 0 saturated heterocycles. The molecule has 0 radical (unpaired) electrons. The number of carboxylic acids is 1. The van der Waals surface area contributed by atoms with Crippen molar-refractivity contribution in [2.75, 3.05) is 0 Å². The minimum Gasteiger partial charge on any atom is -0.478 e. The Balaban J connectivity index is 1.96. The lowest BCUT2D eigenvalue weighted by Gasteiger charge is -2.61. The molecule has 2 heteroatoms. The summed E-state index contributed by atoms with van der Waals surface area (Å²) >= 11 is 0. The number of carboxylic acid groups (broad SMARTS) is 1. The van der Waals surface area contributed by atoms with Crippen molar-refractivity contribution in [1.29, 1.82) is 0 Å². The summed E-state index contributed by atoms with van der Waals surface area (Å²) in [5.41, 5.74) is 1.14. The Morgan fingerprint density at radius 3 is 2.64 bits per heavy atom. The molecular weight excluding hydrogens is 272 g/mol. The number of aliphatic carboxylic acids is 1. The van der Waals surface area contributed by atoms with Crippen molar-refractivity contribution in [3.8, 4) is 0 Å². The fourth-order valence-corrected chi connectivity index (χ4v) is 6.04. The molecule has 0 aromatic carbocycles. The number of fused-ring (bicyclic) bond motifs is 3. The zero-order chi connectivity index (χ0) is 16.2. The van der Waals surface area contributed by atoms with Crippen LogP contribution in [-0.2, 0) is 4.79 Å². The van der Waals surface area contributed by atoms with E-state index in [1.807, 2.05) is 6.08 Å². The van der Waals surface area contributed by atoms with Crippen LogP contribution in [0.4, 0.5) is 0 Å². The van der Waals surface area contributed by atoms with Gasteiger partial charge in [0, 0.05) is 11.0 Å². The van der Waals surface area contributed by atoms with E-state index in [2.05, 4.69) is 33.4 Å². The van der Waals surface area contributed by atoms with E-state index < -0.39 is 5.97 Å². The zero-order valence-corrected chi connectivity index (χ0v) is 14.3. The summed E-state index contributed by atoms with van der Waals surface area (Å²) in [6.45, 7) is 11.1. The van der Waals surface area contributed by atoms with E-state index in [0.717, 1.165) is 31.6 Å². The van der Waals surface area contributed by atoms with Gasteiger partial charge < -0.3 is 5.11 Å². The van der Waals surface area contributed by atoms with E-state index in [1.165, 1.54) is 19.3 Å². The summed E-state index contributed by atoms with van der Waals surface area (Å²) in [4.78, 5) is 11.7. The number of allylic oxidation sites excluding steroid dienone is 2. The molecule has 3 aliphatic carbocycles. The molecule has 0 aromatic rings. The predicted octanol–water partition coefficient (Wildman–Crippen LogP) is 5.21. The van der Waals surface area contributed by atoms with Crippen LogP contribution in [0.2, 0.25) is 0 Å². The van der Waals surface area contributed by atoms with Gasteiger partial charge in [-0.15, -0.1) is 6.58 Å². The molecule has 0 spiro atoms. The highest BCUT2D eigenvalue weighted by molar-refractivity contribution is 5.88. The number of carbonyl (C=O) groups is 1. The molecule has 0 unspecified atom stereocenters. The predicted molar refractivity (Wildman–Crippen MR) is 89.5 cm³/mol. The number of hydrogen-bond acceptors (Lipinski definition) is 1. The third-order valence-corrected chi connectivity index (χ3v) is 7.60. The molecular formula is C20H30O2. The van der Waals surface area contributed by atoms with Crippen LogP contribution < -0.4 is 0 Å². The summed E-state index contributed by atoms with van der Waals surface area (Å²) in [6, 6.07) is 0. The Kier molecular flexibility index (Phi) is 3.58. The molecule has 1 N–H and O–H groups in total. The van der Waals surface area contributed by atoms with E-state index in [1.54, 1.807) is 0 Å². The van der Waals surface area contributed by atoms with Crippen molar-refractivity contribution in [3.05, 3.63) is 24.3 Å². The Labute approximate surface area is 134 Å². The van der Waals surface area contributed by atoms with E-state index >= 15 is 0 Å². The summed E-state index contributed by atoms with van der Waals surface area (Å²) in [6.07, 6.45) is 12.1. The lowest BCUT2D eigenvalue weighted by Crippen LogP contribution is -2.54. The first kappa shape index (κ1) is 15.8. The zero-order valence-electron chi connectivity index (χ0n) is 14.3. The maximum Gasteiger partial charge on any atom is 0.331 e. The van der Waals surface area contributed by atoms with Gasteiger partial charge in [-0.3, -0.25) is 0 Å². The molecule has 122 valence electrons. The normalized spacial score (nSPS) is 47.9. The van der Waals surface area contributed by atoms with Crippen LogP contribution in [-0.4, -0.2) is 11.1 Å². The fraction of sp³-hybridized carbons (Fsp3) is 0.750. The van der Waals surface area contributed by atoms with Gasteiger partial charge in [-0.1, -0.05) is 32.9 Å². The molecule has 3 rings (SSSR count). The summed E-state index contributed by atoms with van der Waals surface area (Å²) in [5.74, 6) is 0.542. The Hall–Kier alpha value is -1.05. The Morgan fingerprint density at radius 1 is 1.27 bits per heavy atom. The average Bonchev–Trinajstić information content (AvgIpc) is 2.47. The Morgan fingerprint density at radius 2 is 2.00 bits per heavy atom. The van der Waals surface area contributed by atoms with Gasteiger partial charge in [-0.05, 0) is 67.6 Å². The number of rotatable bonds is 2. The second-order valence-electron chi connectivity index (χ2n) is 8.77. The van der Waals surface area contributed by atoms with Crippen LogP contribution in [0.5, 0.6) is 0 Å². The minimum absolute atomic E-state index is 0.128. The smallest absolute Gasteiger partial charge is 0.331 e. The van der Waals surface area contributed by atoms with Gasteiger partial charge in [-0.2, -0.15) is 0 Å². The van der Waals surface area contributed by atoms with E-state index in [-0.39, 0.29) is 10.8 Å². The van der Waals surface area contributed by atoms with Crippen LogP contribution in [0.25, 0.3) is 0 Å². The molecule has 3 aliphatic rings. The van der Waals surface area contributed by atoms with Gasteiger partial charge in [0.15, 0.2) is 0 Å². The topological polar surface area (TPSA) is 37.3 Å². The van der Waals surface area contributed by atoms with E-state index in [0.29, 0.717) is 16.9 Å². The Bertz CT molecular complexity index is 534. The van der Waals surface area contributed by atoms with E-state index in [9.17, 15) is 9.90 Å². The molecule has 0 heterocycles. The van der Waals surface area contributed by atoms with Gasteiger partial charge >= 0.3 is 5.97 Å². The quantitative estimate of drug-likeness (QED) is 0.711. The fourth-order valence-electron chi connectivity index (χ4n) is 6.04. The molecule has 0 amide bonds. The maximum atomic E-state index is 11.7. The average molecular weight is 302 g/mol. The summed E-state index contributed by atoms with van der Waals surface area (Å²) < 4.78 is 0. The second-order valence-corrected chi connectivity index (χ2v) is 8.77. The van der Waals surface area contributed by atoms with Crippen molar-refractivity contribution in [2.45, 2.75) is 65.7 Å². The monoisotopic (exact) mass is 302 g/mol. The summed E-state index contributed by atoms with van der Waals surface area (Å²) in [7, 11) is 0. The number of hydrogen-bond donors (Lipinski definition) is 1. The first-order valence-electron chi connectivity index (χ1n) is 8.83. The van der Waals surface area contributed by atoms with Crippen LogP contribution >= 0.6 is 0 Å². The summed E-state index contributed by atoms with van der Waals surface area (Å²) in [5, 5.41) is 9.66. The molecule has 0 aliphatic heterocycles. The third kappa shape index (κ3) is 2.10. The van der Waals surface area contributed by atoms with Crippen LogP contribution in [0.3, 0.4) is 0 Å². The minimum atomic E-state index is -0.694. The molecule has 2 saturated carbocycles. The molecule has 2 nitrogen and oxygen atoms in total. The van der Waals surface area contributed by atoms with E-state index in [4.69, 9.17) is 0 Å². The molecule has 0 aromatic heterocycles. The van der Waals surface area contributed by atoms with Crippen LogP contribution in [0.1, 0.15) is 65.7 Å². The maximum absolute atomic E-state index is 11.7.